The molecule has 0 rings (SSSR count). The zero-order chi connectivity index (χ0) is 47.0. The predicted octanol–water partition coefficient (Wildman–Crippen LogP) is 18.5. The van der Waals surface area contributed by atoms with Crippen LogP contribution in [-0.4, -0.2) is 34.9 Å². The van der Waals surface area contributed by atoms with Gasteiger partial charge in [-0.25, -0.2) is 0 Å². The van der Waals surface area contributed by atoms with Crippen LogP contribution in [0.15, 0.2) is 97.2 Å². The molecule has 2 unspecified atom stereocenters. The van der Waals surface area contributed by atoms with Gasteiger partial charge < -0.3 is 15.5 Å². The summed E-state index contributed by atoms with van der Waals surface area (Å²) in [4.78, 5) is 12.5. The normalized spacial score (nSPS) is 13.6. The highest BCUT2D eigenvalue weighted by atomic mass is 16.3. The van der Waals surface area contributed by atoms with Crippen LogP contribution in [-0.2, 0) is 4.79 Å². The minimum absolute atomic E-state index is 0.0844. The van der Waals surface area contributed by atoms with Crippen LogP contribution in [0.2, 0.25) is 0 Å². The van der Waals surface area contributed by atoms with E-state index in [-0.39, 0.29) is 12.5 Å². The van der Waals surface area contributed by atoms with Gasteiger partial charge in [-0.1, -0.05) is 272 Å². The van der Waals surface area contributed by atoms with Crippen LogP contribution >= 0.6 is 0 Å². The summed E-state index contributed by atoms with van der Waals surface area (Å²) >= 11 is 0. The van der Waals surface area contributed by atoms with E-state index in [1.807, 2.05) is 6.08 Å². The van der Waals surface area contributed by atoms with Gasteiger partial charge in [-0.15, -0.1) is 0 Å². The van der Waals surface area contributed by atoms with Gasteiger partial charge in [0.15, 0.2) is 0 Å². The molecular formula is C61H107NO3. The van der Waals surface area contributed by atoms with E-state index < -0.39 is 12.1 Å². The van der Waals surface area contributed by atoms with Crippen molar-refractivity contribution in [1.82, 2.24) is 5.32 Å². The van der Waals surface area contributed by atoms with Crippen molar-refractivity contribution in [3.63, 3.8) is 0 Å². The number of hydrogen-bond donors (Lipinski definition) is 3. The van der Waals surface area contributed by atoms with E-state index >= 15 is 0 Å². The van der Waals surface area contributed by atoms with E-state index in [2.05, 4.69) is 104 Å². The van der Waals surface area contributed by atoms with Gasteiger partial charge in [-0.3, -0.25) is 4.79 Å². The highest BCUT2D eigenvalue weighted by Crippen LogP contribution is 2.16. The van der Waals surface area contributed by atoms with Gasteiger partial charge >= 0.3 is 0 Å². The molecule has 0 heterocycles. The molecule has 0 aromatic heterocycles. The molecule has 0 radical (unpaired) electrons. The summed E-state index contributed by atoms with van der Waals surface area (Å²) in [5.41, 5.74) is 0. The lowest BCUT2D eigenvalue weighted by Gasteiger charge is -2.19. The smallest absolute Gasteiger partial charge is 0.220 e. The molecule has 374 valence electrons. The molecule has 0 fully saturated rings. The molecular weight excluding hydrogens is 795 g/mol. The number of carbonyl (C=O) groups excluding carboxylic acids is 1. The Kier molecular flexibility index (Phi) is 53.3. The summed E-state index contributed by atoms with van der Waals surface area (Å²) in [6.45, 7) is 4.19. The molecule has 0 saturated heterocycles. The first kappa shape index (κ1) is 62.3. The fraction of sp³-hybridized carbons (Fsp3) is 0.721. The van der Waals surface area contributed by atoms with Crippen LogP contribution in [0.5, 0.6) is 0 Å². The summed E-state index contributed by atoms with van der Waals surface area (Å²) in [6, 6.07) is -0.651. The monoisotopic (exact) mass is 902 g/mol. The van der Waals surface area contributed by atoms with Gasteiger partial charge in [0.2, 0.25) is 5.91 Å². The molecule has 0 saturated carbocycles. The Bertz CT molecular complexity index is 1210. The molecule has 0 bridgehead atoms. The molecule has 4 heteroatoms. The molecule has 0 aromatic rings. The number of aliphatic hydroxyl groups excluding tert-OH is 2. The highest BCUT2D eigenvalue weighted by molar-refractivity contribution is 5.76. The van der Waals surface area contributed by atoms with Gasteiger partial charge in [0.05, 0.1) is 18.8 Å². The summed E-state index contributed by atoms with van der Waals surface area (Å²) in [5.74, 6) is -0.0844. The summed E-state index contributed by atoms with van der Waals surface area (Å²) in [5, 5.41) is 23.1. The Balaban J connectivity index is 3.60. The minimum Gasteiger partial charge on any atom is -0.394 e. The van der Waals surface area contributed by atoms with Crippen molar-refractivity contribution in [3.8, 4) is 0 Å². The standard InChI is InChI=1S/C61H107NO3/c1-3-5-7-9-11-13-15-17-19-21-23-25-27-29-31-33-35-37-39-41-43-45-47-49-51-53-55-57-61(65)62-59(58-63)60(64)56-54-52-50-48-46-44-42-40-38-36-34-32-30-28-26-24-22-20-18-16-14-12-10-8-6-4-2/h5,7,11,13,17,19,23,25,29,31,35,37,46,48,54,56,59-60,63-64H,3-4,6,8-10,12,14-16,18,20-22,24,26-28,30,32-34,36,38-45,47,49-53,55,57-58H2,1-2H3,(H,62,65)/b7-5-,13-11-,19-17-,25-23-,31-29-,37-35-,48-46+,56-54+. The minimum atomic E-state index is -0.873. The summed E-state index contributed by atoms with van der Waals surface area (Å²) < 4.78 is 0. The van der Waals surface area contributed by atoms with E-state index in [0.29, 0.717) is 6.42 Å². The fourth-order valence-electron chi connectivity index (χ4n) is 8.08. The maximum absolute atomic E-state index is 12.5. The Hall–Kier alpha value is -2.69. The topological polar surface area (TPSA) is 69.6 Å². The zero-order valence-electron chi connectivity index (χ0n) is 43.0. The molecule has 2 atom stereocenters. The number of rotatable bonds is 50. The van der Waals surface area contributed by atoms with E-state index in [1.165, 1.54) is 161 Å². The number of amides is 1. The zero-order valence-corrected chi connectivity index (χ0v) is 43.0. The number of hydrogen-bond acceptors (Lipinski definition) is 3. The molecule has 0 aliphatic heterocycles. The van der Waals surface area contributed by atoms with Gasteiger partial charge in [0.25, 0.3) is 0 Å². The first-order valence-electron chi connectivity index (χ1n) is 28.0. The molecule has 3 N–H and O–H groups in total. The third kappa shape index (κ3) is 52.1. The van der Waals surface area contributed by atoms with Crippen molar-refractivity contribution in [2.75, 3.05) is 6.61 Å². The second-order valence-electron chi connectivity index (χ2n) is 18.6. The van der Waals surface area contributed by atoms with Gasteiger partial charge in [-0.2, -0.15) is 0 Å². The van der Waals surface area contributed by atoms with Crippen molar-refractivity contribution in [2.24, 2.45) is 0 Å². The average Bonchev–Trinajstić information content (AvgIpc) is 3.31. The average molecular weight is 903 g/mol. The van der Waals surface area contributed by atoms with Crippen LogP contribution in [0.3, 0.4) is 0 Å². The SMILES string of the molecule is CC/C=C\C/C=C\C/C=C\C/C=C\C/C=C\C/C=C\CCCCCCCCCCC(=O)NC(CO)C(O)/C=C/CC/C=C/CCCCCCCCCCCCCCCCCCCCCC. The lowest BCUT2D eigenvalue weighted by Crippen LogP contribution is -2.45. The molecule has 0 aliphatic carbocycles. The van der Waals surface area contributed by atoms with Gasteiger partial charge in [-0.05, 0) is 83.5 Å². The lowest BCUT2D eigenvalue weighted by molar-refractivity contribution is -0.123. The Morgan fingerprint density at radius 3 is 1.08 bits per heavy atom. The molecule has 0 aromatic carbocycles. The maximum atomic E-state index is 12.5. The number of aliphatic hydroxyl groups is 2. The molecule has 0 aliphatic rings. The third-order valence-electron chi connectivity index (χ3n) is 12.3. The van der Waals surface area contributed by atoms with E-state index in [0.717, 1.165) is 83.5 Å². The summed E-state index contributed by atoms with van der Waals surface area (Å²) in [6.07, 6.45) is 82.8. The first-order valence-corrected chi connectivity index (χ1v) is 28.0. The van der Waals surface area contributed by atoms with E-state index in [4.69, 9.17) is 0 Å². The summed E-state index contributed by atoms with van der Waals surface area (Å²) in [7, 11) is 0. The maximum Gasteiger partial charge on any atom is 0.220 e. The molecule has 0 spiro atoms. The van der Waals surface area contributed by atoms with Crippen molar-refractivity contribution in [2.45, 2.75) is 276 Å². The molecule has 65 heavy (non-hydrogen) atoms. The van der Waals surface area contributed by atoms with E-state index in [1.54, 1.807) is 6.08 Å². The first-order chi connectivity index (χ1) is 32.2. The van der Waals surface area contributed by atoms with E-state index in [9.17, 15) is 15.0 Å². The molecule has 4 nitrogen and oxygen atoms in total. The van der Waals surface area contributed by atoms with Crippen LogP contribution < -0.4 is 5.32 Å². The van der Waals surface area contributed by atoms with Crippen LogP contribution in [0.25, 0.3) is 0 Å². The third-order valence-corrected chi connectivity index (χ3v) is 12.3. The van der Waals surface area contributed by atoms with Gasteiger partial charge in [0, 0.05) is 6.42 Å². The lowest BCUT2D eigenvalue weighted by atomic mass is 10.0. The Morgan fingerprint density at radius 1 is 0.385 bits per heavy atom. The van der Waals surface area contributed by atoms with Crippen LogP contribution in [0.4, 0.5) is 0 Å². The van der Waals surface area contributed by atoms with Crippen molar-refractivity contribution < 1.29 is 15.0 Å². The second kappa shape index (κ2) is 55.6. The highest BCUT2D eigenvalue weighted by Gasteiger charge is 2.17. The van der Waals surface area contributed by atoms with Crippen molar-refractivity contribution in [3.05, 3.63) is 97.2 Å². The quantitative estimate of drug-likeness (QED) is 0.0421. The number of allylic oxidation sites excluding steroid dienone is 15. The Labute approximate surface area is 404 Å². The number of nitrogens with one attached hydrogen (secondary N) is 1. The Morgan fingerprint density at radius 2 is 0.692 bits per heavy atom. The molecule has 1 amide bonds. The van der Waals surface area contributed by atoms with Crippen molar-refractivity contribution in [1.29, 1.82) is 0 Å². The fourth-order valence-corrected chi connectivity index (χ4v) is 8.08. The predicted molar refractivity (Wildman–Crippen MR) is 290 cm³/mol. The van der Waals surface area contributed by atoms with Gasteiger partial charge in [0.1, 0.15) is 0 Å². The number of carbonyl (C=O) groups is 1. The number of unbranched alkanes of at least 4 members (excludes halogenated alkanes) is 29. The second-order valence-corrected chi connectivity index (χ2v) is 18.6. The van der Waals surface area contributed by atoms with Crippen LogP contribution in [0.1, 0.15) is 264 Å². The largest absolute Gasteiger partial charge is 0.394 e. The van der Waals surface area contributed by atoms with Crippen molar-refractivity contribution >= 4 is 5.91 Å². The van der Waals surface area contributed by atoms with Crippen LogP contribution in [0, 0.1) is 0 Å².